The predicted octanol–water partition coefficient (Wildman–Crippen LogP) is 2.30. The Balaban J connectivity index is 2.10. The van der Waals surface area contributed by atoms with Gasteiger partial charge >= 0.3 is 0 Å². The van der Waals surface area contributed by atoms with Crippen LogP contribution in [0.3, 0.4) is 0 Å². The second-order valence-corrected chi connectivity index (χ2v) is 4.71. The van der Waals surface area contributed by atoms with Gasteiger partial charge in [-0.05, 0) is 36.9 Å². The highest BCUT2D eigenvalue weighted by Crippen LogP contribution is 2.30. The van der Waals surface area contributed by atoms with E-state index in [4.69, 9.17) is 12.2 Å². The van der Waals surface area contributed by atoms with Gasteiger partial charge in [0.05, 0.1) is 0 Å². The topological polar surface area (TPSA) is 24.1 Å². The molecular weight excluding hydrogens is 192 g/mol. The molecule has 0 aliphatic heterocycles. The molecule has 3 heteroatoms. The quantitative estimate of drug-likeness (QED) is 0.702. The van der Waals surface area contributed by atoms with E-state index in [1.165, 1.54) is 19.3 Å². The van der Waals surface area contributed by atoms with E-state index in [1.807, 2.05) is 0 Å². The van der Waals surface area contributed by atoms with Crippen LogP contribution in [0, 0.1) is 11.8 Å². The molecule has 1 aliphatic carbocycles. The molecular formula is C11H22N2S. The molecule has 14 heavy (non-hydrogen) atoms. The van der Waals surface area contributed by atoms with Crippen molar-refractivity contribution < 1.29 is 0 Å². The molecule has 2 N–H and O–H groups in total. The van der Waals surface area contributed by atoms with Crippen LogP contribution in [0.2, 0.25) is 0 Å². The van der Waals surface area contributed by atoms with Crippen LogP contribution in [0.4, 0.5) is 0 Å². The number of hydrogen-bond acceptors (Lipinski definition) is 1. The molecule has 1 fully saturated rings. The maximum Gasteiger partial charge on any atom is 0.166 e. The van der Waals surface area contributed by atoms with Crippen molar-refractivity contribution in [1.82, 2.24) is 10.6 Å². The van der Waals surface area contributed by atoms with E-state index in [0.29, 0.717) is 0 Å². The summed E-state index contributed by atoms with van der Waals surface area (Å²) in [5.74, 6) is 1.70. The minimum atomic E-state index is 0.825. The van der Waals surface area contributed by atoms with Gasteiger partial charge < -0.3 is 10.6 Å². The molecule has 0 amide bonds. The van der Waals surface area contributed by atoms with Crippen molar-refractivity contribution in [2.45, 2.75) is 39.5 Å². The van der Waals surface area contributed by atoms with Gasteiger partial charge in [0.1, 0.15) is 0 Å². The zero-order valence-corrected chi connectivity index (χ0v) is 10.1. The fraction of sp³-hybridized carbons (Fsp3) is 0.909. The molecule has 1 aliphatic rings. The van der Waals surface area contributed by atoms with Crippen LogP contribution in [-0.4, -0.2) is 18.2 Å². The van der Waals surface area contributed by atoms with Crippen LogP contribution in [0.15, 0.2) is 0 Å². The third kappa shape index (κ3) is 3.82. The average Bonchev–Trinajstić information content (AvgIpc) is 2.58. The summed E-state index contributed by atoms with van der Waals surface area (Å²) in [5.41, 5.74) is 0. The van der Waals surface area contributed by atoms with Crippen LogP contribution >= 0.6 is 12.2 Å². The van der Waals surface area contributed by atoms with Gasteiger partial charge in [-0.3, -0.25) is 0 Å². The van der Waals surface area contributed by atoms with E-state index >= 15 is 0 Å². The minimum Gasteiger partial charge on any atom is -0.363 e. The van der Waals surface area contributed by atoms with Gasteiger partial charge in [0.25, 0.3) is 0 Å². The van der Waals surface area contributed by atoms with Crippen molar-refractivity contribution in [2.24, 2.45) is 11.8 Å². The van der Waals surface area contributed by atoms with E-state index in [1.54, 1.807) is 0 Å². The van der Waals surface area contributed by atoms with Gasteiger partial charge in [-0.1, -0.05) is 26.7 Å². The summed E-state index contributed by atoms with van der Waals surface area (Å²) in [6.07, 6.45) is 5.27. The van der Waals surface area contributed by atoms with Gasteiger partial charge in [-0.25, -0.2) is 0 Å². The zero-order valence-electron chi connectivity index (χ0n) is 9.31. The second-order valence-electron chi connectivity index (χ2n) is 4.31. The van der Waals surface area contributed by atoms with Gasteiger partial charge in [-0.2, -0.15) is 0 Å². The van der Waals surface area contributed by atoms with Crippen molar-refractivity contribution in [3.63, 3.8) is 0 Å². The summed E-state index contributed by atoms with van der Waals surface area (Å²) in [5, 5.41) is 7.33. The fourth-order valence-corrected chi connectivity index (χ4v) is 2.24. The Labute approximate surface area is 92.8 Å². The lowest BCUT2D eigenvalue weighted by molar-refractivity contribution is 0.414. The second kappa shape index (κ2) is 6.23. The third-order valence-electron chi connectivity index (χ3n) is 3.10. The van der Waals surface area contributed by atoms with Gasteiger partial charge in [-0.15, -0.1) is 0 Å². The standard InChI is InChI=1S/C11H22N2S/c1-3-7-12-11(14)13-8-10-6-4-5-9(10)2/h9-10H,3-8H2,1-2H3,(H2,12,13,14). The molecule has 0 aromatic rings. The Morgan fingerprint density at radius 2 is 2.14 bits per heavy atom. The van der Waals surface area contributed by atoms with Crippen LogP contribution in [0.25, 0.3) is 0 Å². The summed E-state index contributed by atoms with van der Waals surface area (Å²) in [6, 6.07) is 0. The summed E-state index contributed by atoms with van der Waals surface area (Å²) in [6.45, 7) is 6.53. The first kappa shape index (κ1) is 11.8. The summed E-state index contributed by atoms with van der Waals surface area (Å²) >= 11 is 5.17. The molecule has 0 aromatic carbocycles. The molecule has 0 heterocycles. The van der Waals surface area contributed by atoms with Crippen molar-refractivity contribution >= 4 is 17.3 Å². The molecule has 2 nitrogen and oxygen atoms in total. The average molecular weight is 214 g/mol. The monoisotopic (exact) mass is 214 g/mol. The molecule has 0 aromatic heterocycles. The third-order valence-corrected chi connectivity index (χ3v) is 3.39. The first-order valence-electron chi connectivity index (χ1n) is 5.75. The largest absolute Gasteiger partial charge is 0.363 e. The van der Waals surface area contributed by atoms with Crippen LogP contribution in [0.1, 0.15) is 39.5 Å². The first-order valence-corrected chi connectivity index (χ1v) is 6.16. The van der Waals surface area contributed by atoms with Crippen molar-refractivity contribution in [2.75, 3.05) is 13.1 Å². The lowest BCUT2D eigenvalue weighted by atomic mass is 9.98. The fourth-order valence-electron chi connectivity index (χ4n) is 2.05. The lowest BCUT2D eigenvalue weighted by Crippen LogP contribution is -2.38. The number of hydrogen-bond donors (Lipinski definition) is 2. The highest BCUT2D eigenvalue weighted by molar-refractivity contribution is 7.80. The molecule has 2 unspecified atom stereocenters. The summed E-state index contributed by atoms with van der Waals surface area (Å²) in [4.78, 5) is 0. The Kier molecular flexibility index (Phi) is 5.23. The van der Waals surface area contributed by atoms with E-state index < -0.39 is 0 Å². The van der Waals surface area contributed by atoms with Crippen molar-refractivity contribution in [3.8, 4) is 0 Å². The van der Waals surface area contributed by atoms with Crippen LogP contribution in [-0.2, 0) is 0 Å². The molecule has 0 bridgehead atoms. The minimum absolute atomic E-state index is 0.825. The van der Waals surface area contributed by atoms with Gasteiger partial charge in [0.15, 0.2) is 5.11 Å². The summed E-state index contributed by atoms with van der Waals surface area (Å²) in [7, 11) is 0. The smallest absolute Gasteiger partial charge is 0.166 e. The van der Waals surface area contributed by atoms with Gasteiger partial charge in [0, 0.05) is 13.1 Å². The van der Waals surface area contributed by atoms with E-state index in [0.717, 1.165) is 36.5 Å². The van der Waals surface area contributed by atoms with Crippen LogP contribution < -0.4 is 10.6 Å². The number of rotatable bonds is 4. The molecule has 82 valence electrons. The normalized spacial score (nSPS) is 26.1. The Bertz CT molecular complexity index is 182. The number of nitrogens with one attached hydrogen (secondary N) is 2. The SMILES string of the molecule is CCCNC(=S)NCC1CCCC1C. The Morgan fingerprint density at radius 3 is 2.71 bits per heavy atom. The first-order chi connectivity index (χ1) is 6.74. The lowest BCUT2D eigenvalue weighted by Gasteiger charge is -2.17. The van der Waals surface area contributed by atoms with Crippen molar-refractivity contribution in [3.05, 3.63) is 0 Å². The van der Waals surface area contributed by atoms with Gasteiger partial charge in [0.2, 0.25) is 0 Å². The Morgan fingerprint density at radius 1 is 1.36 bits per heavy atom. The van der Waals surface area contributed by atoms with E-state index in [9.17, 15) is 0 Å². The molecule has 0 spiro atoms. The highest BCUT2D eigenvalue weighted by atomic mass is 32.1. The van der Waals surface area contributed by atoms with Crippen LogP contribution in [0.5, 0.6) is 0 Å². The highest BCUT2D eigenvalue weighted by Gasteiger charge is 2.22. The van der Waals surface area contributed by atoms with E-state index in [2.05, 4.69) is 24.5 Å². The number of thiocarbonyl (C=S) groups is 1. The Hall–Kier alpha value is -0.310. The molecule has 1 rings (SSSR count). The molecule has 2 atom stereocenters. The molecule has 0 saturated heterocycles. The maximum absolute atomic E-state index is 5.17. The van der Waals surface area contributed by atoms with Crippen molar-refractivity contribution in [1.29, 1.82) is 0 Å². The maximum atomic E-state index is 5.17. The molecule has 1 saturated carbocycles. The summed E-state index contributed by atoms with van der Waals surface area (Å²) < 4.78 is 0. The predicted molar refractivity (Wildman–Crippen MR) is 65.4 cm³/mol. The van der Waals surface area contributed by atoms with E-state index in [-0.39, 0.29) is 0 Å². The zero-order chi connectivity index (χ0) is 10.4. The molecule has 0 radical (unpaired) electrons.